The van der Waals surface area contributed by atoms with E-state index in [1.165, 1.54) is 135 Å². The van der Waals surface area contributed by atoms with Crippen molar-refractivity contribution in [2.75, 3.05) is 0 Å². The molecule has 5 saturated carbocycles. The molecule has 0 N–H and O–H groups in total. The second kappa shape index (κ2) is 28.2. The Kier molecular flexibility index (Phi) is 26.9. The first-order chi connectivity index (χ1) is 21.1. The lowest BCUT2D eigenvalue weighted by molar-refractivity contribution is 0.153. The lowest BCUT2D eigenvalue weighted by atomic mass is 9.69. The van der Waals surface area contributed by atoms with Crippen molar-refractivity contribution < 1.29 is 0 Å². The van der Waals surface area contributed by atoms with Crippen LogP contribution in [0.4, 0.5) is 0 Å². The summed E-state index contributed by atoms with van der Waals surface area (Å²) < 4.78 is 0. The van der Waals surface area contributed by atoms with E-state index in [0.717, 1.165) is 41.4 Å². The molecule has 0 bridgehead atoms. The highest BCUT2D eigenvalue weighted by Crippen LogP contribution is 2.41. The Bertz CT molecular complexity index is 534. The fourth-order valence-corrected chi connectivity index (χ4v) is 9.00. The predicted octanol–water partition coefficient (Wildman–Crippen LogP) is 15.8. The summed E-state index contributed by atoms with van der Waals surface area (Å²) in [5, 5.41) is 0. The standard InChI is InChI=1S/C17H32.C13H24.C9H18.2C2H6/c1-15-9-7-13-17(14-8-10-15)16-11-5-3-2-4-6-12-16;1-11-6-3-2-4-7-13(10-11)12-8-5-9-12;1-9-7-5-3-2-4-6-8-9;2*1-2/h15-17H,2-14H2,1H3;11-13H,2-10H2,1H3;9H,2-8H2,1H3;2*1-2H3. The van der Waals surface area contributed by atoms with Gasteiger partial charge in [0.15, 0.2) is 0 Å². The van der Waals surface area contributed by atoms with Gasteiger partial charge in [0, 0.05) is 0 Å². The van der Waals surface area contributed by atoms with Gasteiger partial charge in [-0.05, 0) is 47.8 Å². The normalized spacial score (nSPS) is 30.5. The van der Waals surface area contributed by atoms with Gasteiger partial charge in [-0.3, -0.25) is 0 Å². The molecule has 258 valence electrons. The second-order valence-electron chi connectivity index (χ2n) is 15.7. The largest absolute Gasteiger partial charge is 0.0683 e. The van der Waals surface area contributed by atoms with E-state index in [-0.39, 0.29) is 0 Å². The van der Waals surface area contributed by atoms with Crippen molar-refractivity contribution >= 4 is 0 Å². The van der Waals surface area contributed by atoms with Crippen LogP contribution in [0.25, 0.3) is 0 Å². The average Bonchev–Trinajstić information content (AvgIpc) is 2.93. The molecular formula is C43H86. The zero-order valence-electron chi connectivity index (χ0n) is 31.5. The molecule has 0 saturated heterocycles. The van der Waals surface area contributed by atoms with Crippen LogP contribution in [-0.4, -0.2) is 0 Å². The maximum Gasteiger partial charge on any atom is -0.0383 e. The Morgan fingerprint density at radius 1 is 0.233 bits per heavy atom. The third kappa shape index (κ3) is 20.0. The summed E-state index contributed by atoms with van der Waals surface area (Å²) in [4.78, 5) is 0. The quantitative estimate of drug-likeness (QED) is 0.295. The van der Waals surface area contributed by atoms with E-state index in [2.05, 4.69) is 20.8 Å². The molecule has 0 aliphatic heterocycles. The van der Waals surface area contributed by atoms with Gasteiger partial charge < -0.3 is 0 Å². The molecule has 5 aliphatic carbocycles. The third-order valence-corrected chi connectivity index (χ3v) is 12.0. The third-order valence-electron chi connectivity index (χ3n) is 12.0. The minimum Gasteiger partial charge on any atom is -0.0683 e. The van der Waals surface area contributed by atoms with Gasteiger partial charge in [-0.1, -0.05) is 228 Å². The van der Waals surface area contributed by atoms with E-state index in [4.69, 9.17) is 0 Å². The molecule has 5 fully saturated rings. The maximum absolute atomic E-state index is 2.47. The fraction of sp³-hybridized carbons (Fsp3) is 1.00. The van der Waals surface area contributed by atoms with Crippen LogP contribution in [0.1, 0.15) is 235 Å². The number of hydrogen-bond donors (Lipinski definition) is 0. The van der Waals surface area contributed by atoms with E-state index >= 15 is 0 Å². The van der Waals surface area contributed by atoms with Crippen molar-refractivity contribution in [2.24, 2.45) is 41.4 Å². The molecule has 43 heavy (non-hydrogen) atoms. The van der Waals surface area contributed by atoms with Crippen molar-refractivity contribution in [3.8, 4) is 0 Å². The molecule has 2 unspecified atom stereocenters. The van der Waals surface area contributed by atoms with Crippen molar-refractivity contribution in [3.63, 3.8) is 0 Å². The van der Waals surface area contributed by atoms with E-state index in [1.807, 2.05) is 27.7 Å². The maximum atomic E-state index is 2.47. The van der Waals surface area contributed by atoms with Crippen LogP contribution in [-0.2, 0) is 0 Å². The Labute approximate surface area is 275 Å². The van der Waals surface area contributed by atoms with Crippen LogP contribution in [0.3, 0.4) is 0 Å². The summed E-state index contributed by atoms with van der Waals surface area (Å²) in [6, 6.07) is 0. The van der Waals surface area contributed by atoms with Crippen LogP contribution in [0.5, 0.6) is 0 Å². The highest BCUT2D eigenvalue weighted by molar-refractivity contribution is 4.80. The zero-order valence-corrected chi connectivity index (χ0v) is 31.5. The van der Waals surface area contributed by atoms with E-state index in [0.29, 0.717) is 0 Å². The Morgan fingerprint density at radius 2 is 0.465 bits per heavy atom. The zero-order chi connectivity index (χ0) is 31.5. The van der Waals surface area contributed by atoms with Gasteiger partial charge in [0.1, 0.15) is 0 Å². The topological polar surface area (TPSA) is 0 Å². The highest BCUT2D eigenvalue weighted by atomic mass is 14.3. The summed E-state index contributed by atoms with van der Waals surface area (Å²) in [6.45, 7) is 15.3. The fourth-order valence-electron chi connectivity index (χ4n) is 9.00. The van der Waals surface area contributed by atoms with Gasteiger partial charge in [-0.25, -0.2) is 0 Å². The first-order valence-corrected chi connectivity index (χ1v) is 21.1. The van der Waals surface area contributed by atoms with E-state index < -0.39 is 0 Å². The van der Waals surface area contributed by atoms with E-state index in [9.17, 15) is 0 Å². The van der Waals surface area contributed by atoms with Crippen molar-refractivity contribution in [1.29, 1.82) is 0 Å². The van der Waals surface area contributed by atoms with Crippen molar-refractivity contribution in [3.05, 3.63) is 0 Å². The number of rotatable bonds is 2. The molecule has 5 aliphatic rings. The summed E-state index contributed by atoms with van der Waals surface area (Å²) in [5.74, 6) is 7.50. The molecule has 0 amide bonds. The van der Waals surface area contributed by atoms with Crippen LogP contribution >= 0.6 is 0 Å². The first kappa shape index (κ1) is 41.0. The Balaban J connectivity index is 0.000000317. The van der Waals surface area contributed by atoms with E-state index in [1.54, 1.807) is 51.4 Å². The van der Waals surface area contributed by atoms with Crippen molar-refractivity contribution in [2.45, 2.75) is 235 Å². The lowest BCUT2D eigenvalue weighted by Gasteiger charge is -2.36. The van der Waals surface area contributed by atoms with Crippen LogP contribution in [0.2, 0.25) is 0 Å². The monoisotopic (exact) mass is 603 g/mol. The molecule has 2 atom stereocenters. The molecule has 0 radical (unpaired) electrons. The van der Waals surface area contributed by atoms with Gasteiger partial charge in [0.2, 0.25) is 0 Å². The summed E-state index contributed by atoms with van der Waals surface area (Å²) >= 11 is 0. The van der Waals surface area contributed by atoms with Crippen LogP contribution < -0.4 is 0 Å². The van der Waals surface area contributed by atoms with Gasteiger partial charge in [-0.2, -0.15) is 0 Å². The molecule has 0 heterocycles. The van der Waals surface area contributed by atoms with Crippen molar-refractivity contribution in [1.82, 2.24) is 0 Å². The summed E-state index contributed by atoms with van der Waals surface area (Å²) in [5.41, 5.74) is 0. The Morgan fingerprint density at radius 3 is 0.884 bits per heavy atom. The molecular weight excluding hydrogens is 516 g/mol. The van der Waals surface area contributed by atoms with Gasteiger partial charge in [0.25, 0.3) is 0 Å². The summed E-state index contributed by atoms with van der Waals surface area (Å²) in [6.07, 6.45) is 44.0. The molecule has 5 rings (SSSR count). The van der Waals surface area contributed by atoms with Gasteiger partial charge in [0.05, 0.1) is 0 Å². The molecule has 0 aromatic heterocycles. The molecule has 0 heteroatoms. The second-order valence-corrected chi connectivity index (χ2v) is 15.7. The van der Waals surface area contributed by atoms with Crippen LogP contribution in [0, 0.1) is 41.4 Å². The number of hydrogen-bond acceptors (Lipinski definition) is 0. The molecule has 0 nitrogen and oxygen atoms in total. The Hall–Kier alpha value is 0. The molecule has 0 spiro atoms. The minimum atomic E-state index is 1.01. The average molecular weight is 603 g/mol. The first-order valence-electron chi connectivity index (χ1n) is 21.1. The SMILES string of the molecule is CC.CC.CC1CCCC(C2CCCCCCC2)CCC1.CC1CCCCCC(C2CCC2)C1.CC1CCCCCCC1. The minimum absolute atomic E-state index is 1.01. The van der Waals surface area contributed by atoms with Crippen LogP contribution in [0.15, 0.2) is 0 Å². The van der Waals surface area contributed by atoms with Gasteiger partial charge >= 0.3 is 0 Å². The lowest BCUT2D eigenvalue weighted by Crippen LogP contribution is -2.24. The smallest absolute Gasteiger partial charge is 0.0383 e. The highest BCUT2D eigenvalue weighted by Gasteiger charge is 2.28. The predicted molar refractivity (Wildman–Crippen MR) is 198 cm³/mol. The molecule has 0 aromatic carbocycles. The molecule has 0 aromatic rings. The van der Waals surface area contributed by atoms with Gasteiger partial charge in [-0.15, -0.1) is 0 Å². The summed E-state index contributed by atoms with van der Waals surface area (Å²) in [7, 11) is 0.